The number of phosphoric ester groups is 1. The summed E-state index contributed by atoms with van der Waals surface area (Å²) in [5.74, 6) is 0. The van der Waals surface area contributed by atoms with Crippen LogP contribution in [0, 0.1) is 0 Å². The van der Waals surface area contributed by atoms with E-state index in [2.05, 4.69) is 11.4 Å². The van der Waals surface area contributed by atoms with Crippen LogP contribution in [0.25, 0.3) is 0 Å². The summed E-state index contributed by atoms with van der Waals surface area (Å²) in [6.07, 6.45) is 8.09. The van der Waals surface area contributed by atoms with Gasteiger partial charge in [0.25, 0.3) is 0 Å². The highest BCUT2D eigenvalue weighted by atomic mass is 31.2. The van der Waals surface area contributed by atoms with Crippen molar-refractivity contribution < 1.29 is 49.5 Å². The Bertz CT molecular complexity index is 395. The Kier molecular flexibility index (Phi) is 32.9. The maximum atomic E-state index is 10.2. The summed E-state index contributed by atoms with van der Waals surface area (Å²) >= 11 is 0. The molecule has 0 atom stereocenters. The van der Waals surface area contributed by atoms with Crippen molar-refractivity contribution in [2.24, 2.45) is 0 Å². The summed E-state index contributed by atoms with van der Waals surface area (Å²) in [7, 11) is -4.31. The van der Waals surface area contributed by atoms with Gasteiger partial charge < -0.3 is 35.2 Å². The van der Waals surface area contributed by atoms with E-state index < -0.39 is 7.82 Å². The second-order valence-electron chi connectivity index (χ2n) is 6.84. The van der Waals surface area contributed by atoms with Crippen molar-refractivity contribution in [2.45, 2.75) is 39.0 Å². The van der Waals surface area contributed by atoms with Crippen LogP contribution in [0.4, 0.5) is 0 Å². The molecule has 33 heavy (non-hydrogen) atoms. The van der Waals surface area contributed by atoms with Crippen LogP contribution in [0.1, 0.15) is 39.0 Å². The predicted octanol–water partition coefficient (Wildman–Crippen LogP) is -0.890. The third-order valence-corrected chi connectivity index (χ3v) is 4.41. The van der Waals surface area contributed by atoms with Gasteiger partial charge in [0.1, 0.15) is 0 Å². The number of unbranched alkanes of at least 4 members (excludes halogenated alkanes) is 4. The van der Waals surface area contributed by atoms with Crippen LogP contribution in [-0.2, 0) is 9.09 Å². The fraction of sp³-hybridized carbons (Fsp3) is 0.900. The molecule has 0 aromatic rings. The molecular formula is C20H47N2O10P. The van der Waals surface area contributed by atoms with Crippen molar-refractivity contribution in [3.8, 4) is 0 Å². The Labute approximate surface area is 198 Å². The topological polar surface area (TPSA) is 195 Å². The predicted molar refractivity (Wildman–Crippen MR) is 126 cm³/mol. The zero-order chi connectivity index (χ0) is 25.8. The molecule has 0 aliphatic heterocycles. The lowest BCUT2D eigenvalue weighted by molar-refractivity contribution is 0.136. The first-order valence-corrected chi connectivity index (χ1v) is 12.8. The minimum absolute atomic E-state index is 0.0694. The average molecular weight is 507 g/mol. The third-order valence-electron chi connectivity index (χ3n) is 4.02. The van der Waals surface area contributed by atoms with E-state index in [1.54, 1.807) is 15.9 Å². The first-order chi connectivity index (χ1) is 15.8. The molecule has 0 fully saturated rings. The molecule has 0 aliphatic carbocycles. The van der Waals surface area contributed by atoms with Gasteiger partial charge in [-0.05, 0) is 18.9 Å². The summed E-state index contributed by atoms with van der Waals surface area (Å²) in [5.41, 5.74) is 0. The highest BCUT2D eigenvalue weighted by Crippen LogP contribution is 2.35. The molecule has 0 unspecified atom stereocenters. The summed E-state index contributed by atoms with van der Waals surface area (Å²) in [5, 5.41) is 50.9. The van der Waals surface area contributed by atoms with E-state index in [9.17, 15) is 4.57 Å². The fourth-order valence-corrected chi connectivity index (χ4v) is 2.64. The summed E-state index contributed by atoms with van der Waals surface area (Å²) in [4.78, 5) is 20.2. The summed E-state index contributed by atoms with van der Waals surface area (Å²) in [6, 6.07) is 0. The largest absolute Gasteiger partial charge is 0.524 e. The molecule has 0 amide bonds. The standard InChI is InChI=1S/C8H17O4P.2C6H15NO3/c1-2-3-4-5-6-7-8-12-13(9,10)11;2*8-4-1-7(2-5-9)3-6-10/h7-8H,2-6H2,1H3,(H2,9,10,11);2*8-10H,1-6H2. The molecule has 0 spiro atoms. The highest BCUT2D eigenvalue weighted by molar-refractivity contribution is 7.46. The zero-order valence-electron chi connectivity index (χ0n) is 19.9. The van der Waals surface area contributed by atoms with E-state index in [-0.39, 0.29) is 39.6 Å². The summed E-state index contributed by atoms with van der Waals surface area (Å²) < 4.78 is 14.3. The van der Waals surface area contributed by atoms with Gasteiger partial charge in [-0.3, -0.25) is 19.6 Å². The first-order valence-electron chi connectivity index (χ1n) is 11.2. The number of rotatable bonds is 19. The van der Waals surface area contributed by atoms with E-state index >= 15 is 0 Å². The quantitative estimate of drug-likeness (QED) is 0.0613. The van der Waals surface area contributed by atoms with Crippen LogP contribution in [0.2, 0.25) is 0 Å². The highest BCUT2D eigenvalue weighted by Gasteiger charge is 2.10. The van der Waals surface area contributed by atoms with E-state index in [0.717, 1.165) is 25.5 Å². The van der Waals surface area contributed by atoms with Crippen LogP contribution in [0.3, 0.4) is 0 Å². The minimum atomic E-state index is -4.31. The fourth-order valence-electron chi connectivity index (χ4n) is 2.40. The molecule has 13 heteroatoms. The monoisotopic (exact) mass is 506 g/mol. The van der Waals surface area contributed by atoms with Crippen LogP contribution < -0.4 is 0 Å². The van der Waals surface area contributed by atoms with Crippen LogP contribution >= 0.6 is 7.82 Å². The Hall–Kier alpha value is -0.630. The van der Waals surface area contributed by atoms with Crippen LogP contribution in [0.15, 0.2) is 12.3 Å². The lowest BCUT2D eigenvalue weighted by Crippen LogP contribution is -2.32. The average Bonchev–Trinajstić information content (AvgIpc) is 2.74. The van der Waals surface area contributed by atoms with Gasteiger partial charge in [-0.25, -0.2) is 4.57 Å². The molecule has 0 aromatic heterocycles. The second kappa shape index (κ2) is 29.4. The van der Waals surface area contributed by atoms with Gasteiger partial charge in [-0.2, -0.15) is 0 Å². The van der Waals surface area contributed by atoms with Crippen molar-refractivity contribution in [1.29, 1.82) is 0 Å². The Morgan fingerprint density at radius 3 is 1.30 bits per heavy atom. The van der Waals surface area contributed by atoms with Gasteiger partial charge in [0.15, 0.2) is 0 Å². The Balaban J connectivity index is -0.000000415. The lowest BCUT2D eigenvalue weighted by atomic mass is 10.2. The van der Waals surface area contributed by atoms with Crippen LogP contribution in [-0.4, -0.2) is 129 Å². The van der Waals surface area contributed by atoms with Gasteiger partial charge in [0, 0.05) is 39.3 Å². The second-order valence-corrected chi connectivity index (χ2v) is 8.03. The number of hydrogen-bond donors (Lipinski definition) is 8. The minimum Gasteiger partial charge on any atom is -0.413 e. The van der Waals surface area contributed by atoms with E-state index in [0.29, 0.717) is 39.3 Å². The zero-order valence-corrected chi connectivity index (χ0v) is 20.8. The molecule has 0 saturated heterocycles. The number of hydrogen-bond acceptors (Lipinski definition) is 10. The van der Waals surface area contributed by atoms with E-state index in [1.165, 1.54) is 12.8 Å². The number of aliphatic hydroxyl groups is 6. The number of aliphatic hydroxyl groups excluding tert-OH is 6. The molecule has 0 radical (unpaired) electrons. The van der Waals surface area contributed by atoms with E-state index in [1.807, 2.05) is 0 Å². The molecule has 202 valence electrons. The maximum Gasteiger partial charge on any atom is 0.524 e. The van der Waals surface area contributed by atoms with Gasteiger partial charge in [-0.15, -0.1) is 0 Å². The number of nitrogens with zero attached hydrogens (tertiary/aromatic N) is 2. The molecule has 0 saturated carbocycles. The van der Waals surface area contributed by atoms with Crippen molar-refractivity contribution in [2.75, 3.05) is 78.9 Å². The lowest BCUT2D eigenvalue weighted by Gasteiger charge is -2.17. The van der Waals surface area contributed by atoms with Crippen molar-refractivity contribution >= 4 is 7.82 Å². The van der Waals surface area contributed by atoms with Gasteiger partial charge >= 0.3 is 7.82 Å². The molecule has 0 bridgehead atoms. The molecule has 8 N–H and O–H groups in total. The molecule has 12 nitrogen and oxygen atoms in total. The number of phosphoric acid groups is 1. The molecule has 0 aliphatic rings. The van der Waals surface area contributed by atoms with Crippen LogP contribution in [0.5, 0.6) is 0 Å². The normalized spacial score (nSPS) is 11.4. The SMILES string of the molecule is CCCCCCC=COP(=O)(O)O.OCCN(CCO)CCO.OCCN(CCO)CCO. The number of allylic oxidation sites excluding steroid dienone is 1. The molecule has 0 aromatic carbocycles. The van der Waals surface area contributed by atoms with Crippen molar-refractivity contribution in [1.82, 2.24) is 9.80 Å². The smallest absolute Gasteiger partial charge is 0.413 e. The molecular weight excluding hydrogens is 459 g/mol. The van der Waals surface area contributed by atoms with Gasteiger partial charge in [0.2, 0.25) is 0 Å². The molecule has 0 rings (SSSR count). The maximum absolute atomic E-state index is 10.2. The van der Waals surface area contributed by atoms with Gasteiger partial charge in [-0.1, -0.05) is 26.2 Å². The van der Waals surface area contributed by atoms with Gasteiger partial charge in [0.05, 0.1) is 45.9 Å². The first kappa shape index (κ1) is 36.9. The van der Waals surface area contributed by atoms with Crippen molar-refractivity contribution in [3.05, 3.63) is 12.3 Å². The third kappa shape index (κ3) is 36.1. The van der Waals surface area contributed by atoms with Crippen molar-refractivity contribution in [3.63, 3.8) is 0 Å². The van der Waals surface area contributed by atoms with E-state index in [4.69, 9.17) is 40.4 Å². The summed E-state index contributed by atoms with van der Waals surface area (Å²) in [6.45, 7) is 5.64. The molecule has 0 heterocycles. The Morgan fingerprint density at radius 1 is 0.667 bits per heavy atom. The Morgan fingerprint density at radius 2 is 1.03 bits per heavy atom.